The van der Waals surface area contributed by atoms with Gasteiger partial charge < -0.3 is 9.47 Å². The van der Waals surface area contributed by atoms with Gasteiger partial charge in [-0.2, -0.15) is 18.3 Å². The number of carbonyl (C=O) groups excluding carboxylic acids is 1. The summed E-state index contributed by atoms with van der Waals surface area (Å²) < 4.78 is 50.0. The Hall–Kier alpha value is -2.58. The fourth-order valence-electron chi connectivity index (χ4n) is 1.91. The molecule has 0 aliphatic rings. The topological polar surface area (TPSA) is 66.2 Å². The smallest absolute Gasteiger partial charge is 0.417 e. The molecule has 0 fully saturated rings. The molecule has 0 atom stereocenters. The molecule has 0 radical (unpaired) electrons. The lowest BCUT2D eigenvalue weighted by Crippen LogP contribution is -2.09. The molecule has 2 rings (SSSR count). The number of pyridine rings is 1. The molecule has 118 valence electrons. The number of alkyl halides is 3. The molecule has 0 amide bonds. The SMILES string of the molecule is COC(=O)c1cc(-c2cnc(OC)cc2C(F)(F)F)n(C)n1. The lowest BCUT2D eigenvalue weighted by molar-refractivity contribution is -0.137. The number of hydrogen-bond donors (Lipinski definition) is 0. The number of esters is 1. The van der Waals surface area contributed by atoms with Crippen LogP contribution in [0.1, 0.15) is 16.1 Å². The molecule has 0 N–H and O–H groups in total. The average molecular weight is 315 g/mol. The summed E-state index contributed by atoms with van der Waals surface area (Å²) >= 11 is 0. The van der Waals surface area contributed by atoms with Gasteiger partial charge in [-0.25, -0.2) is 9.78 Å². The van der Waals surface area contributed by atoms with Crippen LogP contribution >= 0.6 is 0 Å². The third-order valence-electron chi connectivity index (χ3n) is 2.94. The van der Waals surface area contributed by atoms with Crippen LogP contribution in [0.25, 0.3) is 11.3 Å². The number of ether oxygens (including phenoxy) is 2. The van der Waals surface area contributed by atoms with Crippen LogP contribution in [-0.4, -0.2) is 35.0 Å². The van der Waals surface area contributed by atoms with E-state index in [0.717, 1.165) is 24.1 Å². The predicted molar refractivity (Wildman–Crippen MR) is 69.3 cm³/mol. The number of aryl methyl sites for hydroxylation is 1. The maximum atomic E-state index is 13.2. The Bertz CT molecular complexity index is 710. The number of nitrogens with zero attached hydrogens (tertiary/aromatic N) is 3. The van der Waals surface area contributed by atoms with Gasteiger partial charge in [0.15, 0.2) is 5.69 Å². The third kappa shape index (κ3) is 2.87. The van der Waals surface area contributed by atoms with Gasteiger partial charge in [-0.3, -0.25) is 4.68 Å². The van der Waals surface area contributed by atoms with Crippen LogP contribution in [0.5, 0.6) is 5.88 Å². The van der Waals surface area contributed by atoms with Crippen LogP contribution in [0.3, 0.4) is 0 Å². The lowest BCUT2D eigenvalue weighted by atomic mass is 10.1. The van der Waals surface area contributed by atoms with Crippen molar-refractivity contribution >= 4 is 5.97 Å². The van der Waals surface area contributed by atoms with Gasteiger partial charge in [0.25, 0.3) is 0 Å². The normalized spacial score (nSPS) is 11.4. The molecule has 0 spiro atoms. The van der Waals surface area contributed by atoms with Crippen molar-refractivity contribution in [3.63, 3.8) is 0 Å². The van der Waals surface area contributed by atoms with Crippen LogP contribution in [-0.2, 0) is 18.0 Å². The van der Waals surface area contributed by atoms with E-state index >= 15 is 0 Å². The minimum absolute atomic E-state index is 0.0860. The summed E-state index contributed by atoms with van der Waals surface area (Å²) in [7, 11) is 3.81. The van der Waals surface area contributed by atoms with Gasteiger partial charge in [-0.1, -0.05) is 0 Å². The number of methoxy groups -OCH3 is 2. The fourth-order valence-corrected chi connectivity index (χ4v) is 1.91. The molecule has 0 saturated carbocycles. The molecular weight excluding hydrogens is 303 g/mol. The van der Waals surface area contributed by atoms with E-state index < -0.39 is 17.7 Å². The number of aromatic nitrogens is 3. The molecule has 0 bridgehead atoms. The van der Waals surface area contributed by atoms with Crippen molar-refractivity contribution in [1.29, 1.82) is 0 Å². The highest BCUT2D eigenvalue weighted by Crippen LogP contribution is 2.38. The zero-order valence-corrected chi connectivity index (χ0v) is 11.9. The maximum absolute atomic E-state index is 13.2. The van der Waals surface area contributed by atoms with E-state index in [1.807, 2.05) is 0 Å². The van der Waals surface area contributed by atoms with Gasteiger partial charge in [-0.05, 0) is 6.07 Å². The molecule has 2 aromatic rings. The summed E-state index contributed by atoms with van der Waals surface area (Å²) in [5.41, 5.74) is -1.15. The molecular formula is C13H12F3N3O3. The second-order valence-electron chi connectivity index (χ2n) is 4.30. The van der Waals surface area contributed by atoms with Gasteiger partial charge >= 0.3 is 12.1 Å². The number of rotatable bonds is 3. The Balaban J connectivity index is 2.62. The van der Waals surface area contributed by atoms with E-state index in [-0.39, 0.29) is 22.8 Å². The summed E-state index contributed by atoms with van der Waals surface area (Å²) in [6, 6.07) is 2.00. The van der Waals surface area contributed by atoms with Crippen LogP contribution in [0.4, 0.5) is 13.2 Å². The largest absolute Gasteiger partial charge is 0.481 e. The van der Waals surface area contributed by atoms with Crippen LogP contribution in [0.2, 0.25) is 0 Å². The van der Waals surface area contributed by atoms with Gasteiger partial charge in [0, 0.05) is 24.9 Å². The first-order chi connectivity index (χ1) is 10.3. The number of hydrogen-bond acceptors (Lipinski definition) is 5. The van der Waals surface area contributed by atoms with Crippen molar-refractivity contribution in [3.05, 3.63) is 29.6 Å². The van der Waals surface area contributed by atoms with E-state index in [2.05, 4.69) is 14.8 Å². The average Bonchev–Trinajstić information content (AvgIpc) is 2.86. The summed E-state index contributed by atoms with van der Waals surface area (Å²) in [5.74, 6) is -0.900. The minimum atomic E-state index is -4.61. The highest BCUT2D eigenvalue weighted by atomic mass is 19.4. The molecule has 0 aliphatic heterocycles. The van der Waals surface area contributed by atoms with Crippen molar-refractivity contribution in [3.8, 4) is 17.1 Å². The molecule has 6 nitrogen and oxygen atoms in total. The van der Waals surface area contributed by atoms with Gasteiger partial charge in [0.2, 0.25) is 5.88 Å². The Morgan fingerprint density at radius 1 is 1.27 bits per heavy atom. The van der Waals surface area contributed by atoms with Crippen LogP contribution in [0.15, 0.2) is 18.3 Å². The van der Waals surface area contributed by atoms with Crippen molar-refractivity contribution in [2.24, 2.45) is 7.05 Å². The van der Waals surface area contributed by atoms with Crippen molar-refractivity contribution in [2.45, 2.75) is 6.18 Å². The molecule has 2 heterocycles. The van der Waals surface area contributed by atoms with E-state index in [0.29, 0.717) is 0 Å². The summed E-state index contributed by atoms with van der Waals surface area (Å²) in [6.45, 7) is 0. The van der Waals surface area contributed by atoms with Gasteiger partial charge in [0.05, 0.1) is 25.5 Å². The lowest BCUT2D eigenvalue weighted by Gasteiger charge is -2.13. The maximum Gasteiger partial charge on any atom is 0.417 e. The van der Waals surface area contributed by atoms with E-state index in [4.69, 9.17) is 4.74 Å². The van der Waals surface area contributed by atoms with Gasteiger partial charge in [-0.15, -0.1) is 0 Å². The molecule has 0 saturated heterocycles. The first kappa shape index (κ1) is 15.8. The number of carbonyl (C=O) groups is 1. The van der Waals surface area contributed by atoms with Crippen molar-refractivity contribution < 1.29 is 27.4 Å². The van der Waals surface area contributed by atoms with Crippen LogP contribution in [0, 0.1) is 0 Å². The summed E-state index contributed by atoms with van der Waals surface area (Å²) in [4.78, 5) is 15.2. The number of halogens is 3. The molecule has 0 aliphatic carbocycles. The second-order valence-corrected chi connectivity index (χ2v) is 4.30. The molecule has 0 unspecified atom stereocenters. The summed E-state index contributed by atoms with van der Waals surface area (Å²) in [6.07, 6.45) is -3.58. The fraction of sp³-hybridized carbons (Fsp3) is 0.308. The first-order valence-electron chi connectivity index (χ1n) is 6.02. The zero-order valence-electron chi connectivity index (χ0n) is 11.9. The molecule has 0 aromatic carbocycles. The molecule has 2 aromatic heterocycles. The highest BCUT2D eigenvalue weighted by molar-refractivity contribution is 5.88. The van der Waals surface area contributed by atoms with Crippen LogP contribution < -0.4 is 4.74 Å². The van der Waals surface area contributed by atoms with Crippen molar-refractivity contribution in [1.82, 2.24) is 14.8 Å². The van der Waals surface area contributed by atoms with E-state index in [1.54, 1.807) is 0 Å². The van der Waals surface area contributed by atoms with E-state index in [9.17, 15) is 18.0 Å². The first-order valence-corrected chi connectivity index (χ1v) is 6.02. The predicted octanol–water partition coefficient (Wildman–Crippen LogP) is 2.30. The highest BCUT2D eigenvalue weighted by Gasteiger charge is 2.35. The second kappa shape index (κ2) is 5.66. The minimum Gasteiger partial charge on any atom is -0.481 e. The zero-order chi connectivity index (χ0) is 16.5. The van der Waals surface area contributed by atoms with E-state index in [1.165, 1.54) is 20.2 Å². The molecule has 9 heteroatoms. The quantitative estimate of drug-likeness (QED) is 0.813. The summed E-state index contributed by atoms with van der Waals surface area (Å²) in [5, 5.41) is 3.84. The standard InChI is InChI=1S/C13H12F3N3O3/c1-19-10(5-9(18-19)12(20)22-3)7-6-17-11(21-2)4-8(7)13(14,15)16/h4-6H,1-3H3. The monoisotopic (exact) mass is 315 g/mol. The Kier molecular flexibility index (Phi) is 4.07. The Morgan fingerprint density at radius 3 is 2.50 bits per heavy atom. The Morgan fingerprint density at radius 2 is 1.95 bits per heavy atom. The Labute approximate surface area is 123 Å². The van der Waals surface area contributed by atoms with Crippen molar-refractivity contribution in [2.75, 3.05) is 14.2 Å². The molecule has 22 heavy (non-hydrogen) atoms. The third-order valence-corrected chi connectivity index (χ3v) is 2.94. The van der Waals surface area contributed by atoms with Gasteiger partial charge in [0.1, 0.15) is 0 Å².